The number of hydrogen-bond donors (Lipinski definition) is 0. The Balaban J connectivity index is 0.916. The molecule has 0 amide bonds. The van der Waals surface area contributed by atoms with Crippen LogP contribution in [0.1, 0.15) is 120 Å². The van der Waals surface area contributed by atoms with E-state index in [4.69, 9.17) is 52.1 Å². The zero-order valence-electron chi connectivity index (χ0n) is 51.9. The highest BCUT2D eigenvalue weighted by molar-refractivity contribution is 8.24. The second kappa shape index (κ2) is 36.3. The monoisotopic (exact) mass is 1310 g/mol. The number of benzene rings is 3. The SMILES string of the molecule is C=CC(=O)OCC(C)OCC(C)OC(=O)CCC(=O)OCCc1ccc(OC(=O)C2CCC(C(=O)Oc3c(C)c(C)c(OC(=O)C4CCC(C(=O)Oc5ccc(CCOC(=O)CCC(=O)OC(C)COC(=O)C=C)cc5)CC4)c4c3SC(=C(C#N)C#N)S4)CC2)cc1. The summed E-state index contributed by atoms with van der Waals surface area (Å²) in [5.74, 6) is -6.61. The molecule has 25 heteroatoms. The summed E-state index contributed by atoms with van der Waals surface area (Å²) >= 11 is 2.14. The molecule has 0 radical (unpaired) electrons. The fourth-order valence-electron chi connectivity index (χ4n) is 9.71. The van der Waals surface area contributed by atoms with E-state index in [1.807, 2.05) is 12.1 Å². The first-order valence-electron chi connectivity index (χ1n) is 30.1. The van der Waals surface area contributed by atoms with Crippen molar-refractivity contribution in [1.82, 2.24) is 0 Å². The van der Waals surface area contributed by atoms with E-state index in [1.54, 1.807) is 83.1 Å². The molecule has 0 N–H and O–H groups in total. The molecule has 3 atom stereocenters. The predicted octanol–water partition coefficient (Wildman–Crippen LogP) is 9.85. The number of hydrogen-bond acceptors (Lipinski definition) is 25. The topological polar surface area (TPSA) is 320 Å². The lowest BCUT2D eigenvalue weighted by molar-refractivity contribution is -0.157. The van der Waals surface area contributed by atoms with Crippen molar-refractivity contribution < 1.29 is 100 Å². The third-order valence-corrected chi connectivity index (χ3v) is 17.7. The number of carbonyl (C=O) groups is 10. The number of nitriles is 2. The maximum atomic E-state index is 13.9. The fourth-order valence-corrected chi connectivity index (χ4v) is 12.3. The summed E-state index contributed by atoms with van der Waals surface area (Å²) in [6.45, 7) is 15.0. The van der Waals surface area contributed by atoms with Crippen molar-refractivity contribution in [3.63, 3.8) is 0 Å². The Morgan fingerprint density at radius 2 is 0.826 bits per heavy atom. The first kappa shape index (κ1) is 72.3. The van der Waals surface area contributed by atoms with Crippen LogP contribution in [-0.2, 0) is 93.9 Å². The number of nitrogens with zero attached hydrogens (tertiary/aromatic N) is 2. The van der Waals surface area contributed by atoms with Gasteiger partial charge in [0.05, 0.1) is 89.3 Å². The van der Waals surface area contributed by atoms with Crippen LogP contribution >= 0.6 is 23.5 Å². The quantitative estimate of drug-likeness (QED) is 0.0190. The zero-order chi connectivity index (χ0) is 66.9. The Labute approximate surface area is 541 Å². The van der Waals surface area contributed by atoms with Gasteiger partial charge < -0.3 is 52.1 Å². The number of allylic oxidation sites excluding steroid dienone is 1. The molecule has 3 aliphatic rings. The van der Waals surface area contributed by atoms with E-state index in [2.05, 4.69) is 13.2 Å². The first-order valence-corrected chi connectivity index (χ1v) is 31.7. The number of ether oxygens (including phenoxy) is 11. The Morgan fingerprint density at radius 3 is 1.18 bits per heavy atom. The van der Waals surface area contributed by atoms with Crippen LogP contribution in [0, 0.1) is 60.2 Å². The summed E-state index contributed by atoms with van der Waals surface area (Å²) in [6, 6.07) is 17.3. The van der Waals surface area contributed by atoms with Crippen LogP contribution in [0.25, 0.3) is 0 Å². The number of carbonyl (C=O) groups excluding carboxylic acids is 10. The van der Waals surface area contributed by atoms with Gasteiger partial charge in [0.15, 0.2) is 0 Å². The van der Waals surface area contributed by atoms with Gasteiger partial charge in [0.2, 0.25) is 0 Å². The highest BCUT2D eigenvalue weighted by Gasteiger charge is 2.39. The average molecular weight is 1310 g/mol. The van der Waals surface area contributed by atoms with Crippen LogP contribution in [-0.4, -0.2) is 111 Å². The van der Waals surface area contributed by atoms with Crippen LogP contribution < -0.4 is 18.9 Å². The Bertz CT molecular complexity index is 3310. The summed E-state index contributed by atoms with van der Waals surface area (Å²) in [4.78, 5) is 127. The summed E-state index contributed by atoms with van der Waals surface area (Å²) in [5.41, 5.74) is 2.45. The van der Waals surface area contributed by atoms with Gasteiger partial charge in [0, 0.05) is 25.0 Å². The smallest absolute Gasteiger partial charge is 0.330 e. The average Bonchev–Trinajstić information content (AvgIpc) is 1.55. The largest absolute Gasteiger partial charge is 0.465 e. The van der Waals surface area contributed by atoms with Gasteiger partial charge in [-0.1, -0.05) is 60.9 Å². The molecule has 0 spiro atoms. The fraction of sp³-hybridized carbons (Fsp3) is 0.463. The van der Waals surface area contributed by atoms with E-state index in [-0.39, 0.29) is 75.8 Å². The van der Waals surface area contributed by atoms with Crippen molar-refractivity contribution >= 4 is 83.2 Å². The van der Waals surface area contributed by atoms with Crippen molar-refractivity contribution in [2.24, 2.45) is 23.7 Å². The minimum atomic E-state index is -0.701. The molecule has 1 heterocycles. The van der Waals surface area contributed by atoms with E-state index in [0.717, 1.165) is 46.8 Å². The highest BCUT2D eigenvalue weighted by Crippen LogP contribution is 2.61. The van der Waals surface area contributed by atoms with Crippen LogP contribution in [0.3, 0.4) is 0 Å². The molecule has 1 aliphatic heterocycles. The van der Waals surface area contributed by atoms with Gasteiger partial charge in [-0.15, -0.1) is 0 Å². The van der Waals surface area contributed by atoms with Crippen LogP contribution in [0.5, 0.6) is 23.0 Å². The molecule has 2 fully saturated rings. The normalized spacial score (nSPS) is 17.4. The molecule has 3 aromatic carbocycles. The molecule has 0 saturated heterocycles. The highest BCUT2D eigenvalue weighted by atomic mass is 32.2. The van der Waals surface area contributed by atoms with Crippen LogP contribution in [0.15, 0.2) is 93.4 Å². The lowest BCUT2D eigenvalue weighted by Crippen LogP contribution is -2.31. The summed E-state index contributed by atoms with van der Waals surface area (Å²) in [5, 5.41) is 19.6. The predicted molar refractivity (Wildman–Crippen MR) is 329 cm³/mol. The Kier molecular flexibility index (Phi) is 28.5. The Morgan fingerprint density at radius 1 is 0.489 bits per heavy atom. The molecule has 0 bridgehead atoms. The summed E-state index contributed by atoms with van der Waals surface area (Å²) in [7, 11) is 0. The summed E-state index contributed by atoms with van der Waals surface area (Å²) < 4.78 is 60.2. The number of fused-ring (bicyclic) bond motifs is 1. The number of thioether (sulfide) groups is 2. The van der Waals surface area contributed by atoms with Crippen LogP contribution in [0.2, 0.25) is 0 Å². The van der Waals surface area contributed by atoms with Crippen LogP contribution in [0.4, 0.5) is 0 Å². The molecule has 3 aromatic rings. The maximum Gasteiger partial charge on any atom is 0.330 e. The molecule has 92 heavy (non-hydrogen) atoms. The van der Waals surface area contributed by atoms with Crippen molar-refractivity contribution in [2.45, 2.75) is 153 Å². The summed E-state index contributed by atoms with van der Waals surface area (Å²) in [6.07, 6.45) is 3.02. The van der Waals surface area contributed by atoms with Gasteiger partial charge in [0.1, 0.15) is 66.1 Å². The van der Waals surface area contributed by atoms with Gasteiger partial charge >= 0.3 is 59.7 Å². The molecule has 3 unspecified atom stereocenters. The van der Waals surface area contributed by atoms with Gasteiger partial charge in [-0.2, -0.15) is 10.5 Å². The molecule has 6 rings (SSSR count). The van der Waals surface area contributed by atoms with Crippen molar-refractivity contribution in [3.8, 4) is 35.1 Å². The van der Waals surface area contributed by atoms with E-state index < -0.39 is 102 Å². The first-order chi connectivity index (χ1) is 44.1. The maximum absolute atomic E-state index is 13.9. The van der Waals surface area contributed by atoms with E-state index >= 15 is 0 Å². The minimum absolute atomic E-state index is 0.0133. The molecular weight excluding hydrogens is 1230 g/mol. The lowest BCUT2D eigenvalue weighted by atomic mass is 9.82. The molecule has 0 aromatic heterocycles. The standard InChI is InChI=1S/C67H74N2O21S2/c1-8-53(70)83-36-39(3)82-37-40(4)85-57(74)28-26-55(72)80-32-30-44-10-22-51(23-11-44)87-63(76)46-14-18-48(19-15-46)65(78)89-59-42(6)43(7)60(62-61(59)91-67(92-62)50(34-68)35-69)90-66(79)49-20-16-47(17-21-49)64(77)88-52-24-12-45(13-25-52)31-33-81-56(73)27-29-58(75)86-41(5)38-84-54(71)9-2/h8-13,22-25,39-41,46-49H,1-2,14-21,26-33,36-38H2,3-7H3. The molecular formula is C67H74N2O21S2. The third-order valence-electron chi connectivity index (χ3n) is 15.1. The molecule has 490 valence electrons. The van der Waals surface area contributed by atoms with E-state index in [0.29, 0.717) is 101 Å². The molecule has 23 nitrogen and oxygen atoms in total. The third kappa shape index (κ3) is 22.6. The minimum Gasteiger partial charge on any atom is -0.465 e. The second-order valence-electron chi connectivity index (χ2n) is 22.1. The van der Waals surface area contributed by atoms with E-state index in [9.17, 15) is 58.5 Å². The number of rotatable bonds is 31. The number of esters is 10. The van der Waals surface area contributed by atoms with Crippen molar-refractivity contribution in [1.29, 1.82) is 10.5 Å². The molecule has 2 aliphatic carbocycles. The van der Waals surface area contributed by atoms with Crippen molar-refractivity contribution in [3.05, 3.63) is 106 Å². The lowest BCUT2D eigenvalue weighted by Gasteiger charge is -2.27. The van der Waals surface area contributed by atoms with Gasteiger partial charge in [-0.3, -0.25) is 38.4 Å². The Hall–Kier alpha value is -8.78. The second-order valence-corrected chi connectivity index (χ2v) is 24.4. The van der Waals surface area contributed by atoms with Gasteiger partial charge in [-0.05, 0) is 133 Å². The van der Waals surface area contributed by atoms with E-state index in [1.165, 1.54) is 0 Å². The molecule has 2 saturated carbocycles. The van der Waals surface area contributed by atoms with Gasteiger partial charge in [-0.25, -0.2) is 9.59 Å². The van der Waals surface area contributed by atoms with Crippen molar-refractivity contribution in [2.75, 3.05) is 33.0 Å². The zero-order valence-corrected chi connectivity index (χ0v) is 53.6. The van der Waals surface area contributed by atoms with Gasteiger partial charge in [0.25, 0.3) is 0 Å².